The maximum absolute atomic E-state index is 13.9. The molecule has 7 heteroatoms. The van der Waals surface area contributed by atoms with Crippen LogP contribution in [-0.2, 0) is 11.3 Å². The van der Waals surface area contributed by atoms with E-state index in [0.717, 1.165) is 23.4 Å². The Bertz CT molecular complexity index is 1080. The minimum Gasteiger partial charge on any atom is -0.438 e. The number of nitrogens with zero attached hydrogens (tertiary/aromatic N) is 3. The highest BCUT2D eigenvalue weighted by Crippen LogP contribution is 2.32. The number of aryl methyl sites for hydroxylation is 1. The number of benzene rings is 2. The van der Waals surface area contributed by atoms with E-state index < -0.39 is 6.10 Å². The standard InChI is InChI=1S/C28H38FN3O3/c1-7-20(2)31(17-24(33)19-34-28(4,5)6)18-26-21(3)30-32(23-13-9-8-10-14-23)27(26)35-25-15-11-12-22(29)16-25/h8-16,20,24,33H,7,17-19H2,1-6H3/t20-,24-/m0/s1. The number of aliphatic hydroxyl groups is 1. The van der Waals surface area contributed by atoms with Crippen LogP contribution in [0.4, 0.5) is 4.39 Å². The molecular weight excluding hydrogens is 445 g/mol. The highest BCUT2D eigenvalue weighted by Gasteiger charge is 2.25. The van der Waals surface area contributed by atoms with Gasteiger partial charge in [-0.15, -0.1) is 0 Å². The SMILES string of the molecule is CC[C@H](C)N(Cc1c(C)nn(-c2ccccc2)c1Oc1cccc(F)c1)C[C@H](O)COC(C)(C)C. The van der Waals surface area contributed by atoms with Crippen LogP contribution in [0.25, 0.3) is 5.69 Å². The third-order valence-corrected chi connectivity index (χ3v) is 5.88. The Morgan fingerprint density at radius 1 is 1.11 bits per heavy atom. The van der Waals surface area contributed by atoms with Crippen molar-refractivity contribution in [2.24, 2.45) is 0 Å². The lowest BCUT2D eigenvalue weighted by Crippen LogP contribution is -2.41. The van der Waals surface area contributed by atoms with Crippen molar-refractivity contribution in [1.82, 2.24) is 14.7 Å². The first kappa shape index (κ1) is 26.9. The van der Waals surface area contributed by atoms with Crippen LogP contribution < -0.4 is 4.74 Å². The van der Waals surface area contributed by atoms with Gasteiger partial charge in [0.05, 0.1) is 35.3 Å². The third-order valence-electron chi connectivity index (χ3n) is 5.88. The molecule has 2 atom stereocenters. The van der Waals surface area contributed by atoms with Crippen molar-refractivity contribution >= 4 is 0 Å². The van der Waals surface area contributed by atoms with E-state index >= 15 is 0 Å². The van der Waals surface area contributed by atoms with E-state index in [9.17, 15) is 9.50 Å². The molecule has 0 aliphatic carbocycles. The molecule has 1 heterocycles. The van der Waals surface area contributed by atoms with E-state index in [1.165, 1.54) is 12.1 Å². The molecule has 2 aromatic carbocycles. The van der Waals surface area contributed by atoms with Crippen LogP contribution in [0.2, 0.25) is 0 Å². The van der Waals surface area contributed by atoms with Crippen molar-refractivity contribution in [1.29, 1.82) is 0 Å². The fraction of sp³-hybridized carbons (Fsp3) is 0.464. The molecule has 1 N–H and O–H groups in total. The summed E-state index contributed by atoms with van der Waals surface area (Å²) >= 11 is 0. The van der Waals surface area contributed by atoms with Crippen LogP contribution in [-0.4, -0.2) is 50.7 Å². The monoisotopic (exact) mass is 483 g/mol. The fourth-order valence-corrected chi connectivity index (χ4v) is 3.74. The Morgan fingerprint density at radius 2 is 1.83 bits per heavy atom. The van der Waals surface area contributed by atoms with Crippen molar-refractivity contribution in [3.63, 3.8) is 0 Å². The van der Waals surface area contributed by atoms with Gasteiger partial charge in [0.2, 0.25) is 5.88 Å². The molecule has 3 rings (SSSR count). The highest BCUT2D eigenvalue weighted by molar-refractivity contribution is 5.43. The number of ether oxygens (including phenoxy) is 2. The van der Waals surface area contributed by atoms with E-state index in [4.69, 9.17) is 14.6 Å². The van der Waals surface area contributed by atoms with Gasteiger partial charge in [-0.2, -0.15) is 5.10 Å². The van der Waals surface area contributed by atoms with Gasteiger partial charge < -0.3 is 14.6 Å². The van der Waals surface area contributed by atoms with Gasteiger partial charge >= 0.3 is 0 Å². The van der Waals surface area contributed by atoms with E-state index in [2.05, 4.69) is 18.7 Å². The van der Waals surface area contributed by atoms with Crippen molar-refractivity contribution in [3.8, 4) is 17.3 Å². The zero-order chi connectivity index (χ0) is 25.6. The normalized spacial score (nSPS) is 13.7. The number of hydrogen-bond donors (Lipinski definition) is 1. The van der Waals surface area contributed by atoms with Crippen LogP contribution in [0.3, 0.4) is 0 Å². The molecular formula is C28H38FN3O3. The fourth-order valence-electron chi connectivity index (χ4n) is 3.74. The number of hydrogen-bond acceptors (Lipinski definition) is 5. The second-order valence-electron chi connectivity index (χ2n) is 9.94. The maximum Gasteiger partial charge on any atom is 0.227 e. The Labute approximate surface area is 208 Å². The molecule has 0 amide bonds. The lowest BCUT2D eigenvalue weighted by atomic mass is 10.1. The number of rotatable bonds is 11. The summed E-state index contributed by atoms with van der Waals surface area (Å²) in [5.74, 6) is 0.569. The Kier molecular flexibility index (Phi) is 9.05. The number of halogens is 1. The third kappa shape index (κ3) is 7.62. The zero-order valence-electron chi connectivity index (χ0n) is 21.7. The van der Waals surface area contributed by atoms with E-state index in [1.54, 1.807) is 16.8 Å². The van der Waals surface area contributed by atoms with Crippen LogP contribution in [0.1, 0.15) is 52.3 Å². The Hall–Kier alpha value is -2.74. The van der Waals surface area contributed by atoms with Crippen molar-refractivity contribution in [3.05, 3.63) is 71.7 Å². The van der Waals surface area contributed by atoms with Crippen molar-refractivity contribution < 1.29 is 19.0 Å². The Balaban J connectivity index is 1.95. The lowest BCUT2D eigenvalue weighted by Gasteiger charge is -2.31. The number of aliphatic hydroxyl groups excluding tert-OH is 1. The molecule has 0 bridgehead atoms. The zero-order valence-corrected chi connectivity index (χ0v) is 21.7. The van der Waals surface area contributed by atoms with Gasteiger partial charge in [-0.3, -0.25) is 4.90 Å². The van der Waals surface area contributed by atoms with Crippen LogP contribution in [0.5, 0.6) is 11.6 Å². The van der Waals surface area contributed by atoms with E-state index in [0.29, 0.717) is 24.7 Å². The van der Waals surface area contributed by atoms with Crippen molar-refractivity contribution in [2.75, 3.05) is 13.2 Å². The summed E-state index contributed by atoms with van der Waals surface area (Å²) in [4.78, 5) is 2.22. The highest BCUT2D eigenvalue weighted by atomic mass is 19.1. The summed E-state index contributed by atoms with van der Waals surface area (Å²) in [6.07, 6.45) is 0.277. The number of aromatic nitrogens is 2. The molecule has 0 saturated heterocycles. The van der Waals surface area contributed by atoms with Crippen LogP contribution in [0.15, 0.2) is 54.6 Å². The maximum atomic E-state index is 13.9. The minimum absolute atomic E-state index is 0.209. The second-order valence-corrected chi connectivity index (χ2v) is 9.94. The first-order valence-corrected chi connectivity index (χ1v) is 12.2. The molecule has 0 radical (unpaired) electrons. The van der Waals surface area contributed by atoms with Gasteiger partial charge in [0, 0.05) is 25.2 Å². The molecule has 0 saturated carbocycles. The average Bonchev–Trinajstić information content (AvgIpc) is 3.11. The van der Waals surface area contributed by atoms with E-state index in [1.807, 2.05) is 58.0 Å². The predicted octanol–water partition coefficient (Wildman–Crippen LogP) is 5.89. The average molecular weight is 484 g/mol. The molecule has 190 valence electrons. The van der Waals surface area contributed by atoms with Crippen LogP contribution in [0, 0.1) is 12.7 Å². The van der Waals surface area contributed by atoms with E-state index in [-0.39, 0.29) is 24.1 Å². The van der Waals surface area contributed by atoms with Gasteiger partial charge in [0.15, 0.2) is 0 Å². The molecule has 0 spiro atoms. The summed E-state index contributed by atoms with van der Waals surface area (Å²) in [5, 5.41) is 15.5. The minimum atomic E-state index is -0.639. The lowest BCUT2D eigenvalue weighted by molar-refractivity contribution is -0.0593. The molecule has 1 aromatic heterocycles. The van der Waals surface area contributed by atoms with Gasteiger partial charge in [0.1, 0.15) is 11.6 Å². The molecule has 0 unspecified atom stereocenters. The van der Waals surface area contributed by atoms with Gasteiger partial charge in [-0.1, -0.05) is 31.2 Å². The molecule has 6 nitrogen and oxygen atoms in total. The van der Waals surface area contributed by atoms with Gasteiger partial charge in [-0.25, -0.2) is 9.07 Å². The summed E-state index contributed by atoms with van der Waals surface area (Å²) < 4.78 is 27.7. The second kappa shape index (κ2) is 11.8. The molecule has 0 fully saturated rings. The Morgan fingerprint density at radius 3 is 2.46 bits per heavy atom. The predicted molar refractivity (Wildman–Crippen MR) is 137 cm³/mol. The van der Waals surface area contributed by atoms with Crippen LogP contribution >= 0.6 is 0 Å². The first-order chi connectivity index (χ1) is 16.6. The summed E-state index contributed by atoms with van der Waals surface area (Å²) in [6.45, 7) is 13.4. The summed E-state index contributed by atoms with van der Waals surface area (Å²) in [6, 6.07) is 16.0. The smallest absolute Gasteiger partial charge is 0.227 e. The molecule has 0 aliphatic rings. The molecule has 35 heavy (non-hydrogen) atoms. The first-order valence-electron chi connectivity index (χ1n) is 12.2. The topological polar surface area (TPSA) is 59.8 Å². The molecule has 3 aromatic rings. The van der Waals surface area contributed by atoms with Gasteiger partial charge in [0.25, 0.3) is 0 Å². The summed E-state index contributed by atoms with van der Waals surface area (Å²) in [5.41, 5.74) is 2.24. The van der Waals surface area contributed by atoms with Gasteiger partial charge in [-0.05, 0) is 65.3 Å². The summed E-state index contributed by atoms with van der Waals surface area (Å²) in [7, 11) is 0. The largest absolute Gasteiger partial charge is 0.438 e. The quantitative estimate of drug-likeness (QED) is 0.369. The number of para-hydroxylation sites is 1. The molecule has 0 aliphatic heterocycles. The van der Waals surface area contributed by atoms with Crippen molar-refractivity contribution in [2.45, 2.75) is 72.3 Å².